The van der Waals surface area contributed by atoms with Gasteiger partial charge in [-0.15, -0.1) is 0 Å². The van der Waals surface area contributed by atoms with Crippen molar-refractivity contribution < 1.29 is 8.42 Å². The van der Waals surface area contributed by atoms with Gasteiger partial charge >= 0.3 is 0 Å². The molecule has 4 nitrogen and oxygen atoms in total. The van der Waals surface area contributed by atoms with Crippen molar-refractivity contribution in [3.05, 3.63) is 23.8 Å². The van der Waals surface area contributed by atoms with Crippen LogP contribution in [-0.4, -0.2) is 27.0 Å². The second-order valence-electron chi connectivity index (χ2n) is 3.74. The molecule has 6 heteroatoms. The first kappa shape index (κ1) is 14.3. The summed E-state index contributed by atoms with van der Waals surface area (Å²) in [5.41, 5.74) is 6.68. The van der Waals surface area contributed by atoms with Gasteiger partial charge in [-0.3, -0.25) is 0 Å². The number of sulfonamides is 1. The Kier molecular flexibility index (Phi) is 5.30. The predicted molar refractivity (Wildman–Crippen MR) is 73.8 cm³/mol. The van der Waals surface area contributed by atoms with Gasteiger partial charge in [0.25, 0.3) is 0 Å². The van der Waals surface area contributed by atoms with E-state index < -0.39 is 10.0 Å². The van der Waals surface area contributed by atoms with E-state index in [1.807, 2.05) is 6.26 Å². The molecule has 0 aliphatic heterocycles. The van der Waals surface area contributed by atoms with Crippen molar-refractivity contribution in [2.45, 2.75) is 18.2 Å². The van der Waals surface area contributed by atoms with E-state index in [4.69, 9.17) is 5.73 Å². The number of thioether (sulfide) groups is 1. The van der Waals surface area contributed by atoms with Crippen LogP contribution in [0.4, 0.5) is 5.69 Å². The normalized spacial score (nSPS) is 11.6. The van der Waals surface area contributed by atoms with E-state index in [9.17, 15) is 8.42 Å². The molecule has 0 aliphatic rings. The van der Waals surface area contributed by atoms with E-state index in [0.29, 0.717) is 17.8 Å². The van der Waals surface area contributed by atoms with E-state index in [-0.39, 0.29) is 4.90 Å². The lowest BCUT2D eigenvalue weighted by Crippen LogP contribution is -2.26. The van der Waals surface area contributed by atoms with Crippen molar-refractivity contribution in [1.29, 1.82) is 0 Å². The van der Waals surface area contributed by atoms with Crippen LogP contribution in [0.1, 0.15) is 12.0 Å². The van der Waals surface area contributed by atoms with E-state index in [2.05, 4.69) is 4.72 Å². The summed E-state index contributed by atoms with van der Waals surface area (Å²) in [6.45, 7) is 2.18. The zero-order valence-electron chi connectivity index (χ0n) is 10.1. The molecule has 1 aromatic carbocycles. The van der Waals surface area contributed by atoms with Gasteiger partial charge in [0, 0.05) is 6.54 Å². The van der Waals surface area contributed by atoms with Crippen LogP contribution in [0.15, 0.2) is 23.1 Å². The minimum Gasteiger partial charge on any atom is -0.398 e. The Bertz CT molecular complexity index is 452. The van der Waals surface area contributed by atoms with Crippen LogP contribution in [0, 0.1) is 6.92 Å². The van der Waals surface area contributed by atoms with Gasteiger partial charge in [-0.1, -0.05) is 12.1 Å². The second-order valence-corrected chi connectivity index (χ2v) is 6.43. The number of benzene rings is 1. The maximum atomic E-state index is 12.0. The lowest BCUT2D eigenvalue weighted by Gasteiger charge is -2.11. The molecule has 0 fully saturated rings. The number of nitrogens with one attached hydrogen (secondary N) is 1. The molecular formula is C11H18N2O2S2. The number of rotatable bonds is 6. The van der Waals surface area contributed by atoms with Gasteiger partial charge in [0.1, 0.15) is 4.90 Å². The number of nitrogen functional groups attached to an aromatic ring is 1. The largest absolute Gasteiger partial charge is 0.398 e. The topological polar surface area (TPSA) is 72.2 Å². The maximum absolute atomic E-state index is 12.0. The van der Waals surface area contributed by atoms with Gasteiger partial charge < -0.3 is 5.73 Å². The summed E-state index contributed by atoms with van der Waals surface area (Å²) in [5.74, 6) is 0.936. The Labute approximate surface area is 107 Å². The van der Waals surface area contributed by atoms with E-state index >= 15 is 0 Å². The van der Waals surface area contributed by atoms with Gasteiger partial charge in [-0.2, -0.15) is 11.8 Å². The molecule has 1 aromatic rings. The fourth-order valence-electron chi connectivity index (χ4n) is 1.54. The highest BCUT2D eigenvalue weighted by Gasteiger charge is 2.18. The van der Waals surface area contributed by atoms with E-state index in [1.54, 1.807) is 36.9 Å². The van der Waals surface area contributed by atoms with Crippen LogP contribution in [0.3, 0.4) is 0 Å². The van der Waals surface area contributed by atoms with Gasteiger partial charge in [-0.25, -0.2) is 13.1 Å². The predicted octanol–water partition coefficient (Wildman–Crippen LogP) is 1.61. The number of anilines is 1. The summed E-state index contributed by atoms with van der Waals surface area (Å²) in [6, 6.07) is 5.09. The first-order valence-corrected chi connectivity index (χ1v) is 8.20. The minimum atomic E-state index is -3.49. The third-order valence-electron chi connectivity index (χ3n) is 2.33. The van der Waals surface area contributed by atoms with Crippen molar-refractivity contribution in [2.75, 3.05) is 24.3 Å². The highest BCUT2D eigenvalue weighted by Crippen LogP contribution is 2.21. The molecule has 0 bridgehead atoms. The number of hydrogen-bond acceptors (Lipinski definition) is 4. The maximum Gasteiger partial charge on any atom is 0.242 e. The molecular weight excluding hydrogens is 256 g/mol. The molecule has 3 N–H and O–H groups in total. The third-order valence-corrected chi connectivity index (χ3v) is 4.70. The summed E-state index contributed by atoms with van der Waals surface area (Å²) in [6.07, 6.45) is 2.81. The van der Waals surface area contributed by atoms with Crippen LogP contribution in [0.25, 0.3) is 0 Å². The lowest BCUT2D eigenvalue weighted by molar-refractivity contribution is 0.581. The third kappa shape index (κ3) is 3.90. The SMILES string of the molecule is CSCCCNS(=O)(=O)c1c(C)cccc1N. The monoisotopic (exact) mass is 274 g/mol. The molecule has 0 unspecified atom stereocenters. The number of aryl methyl sites for hydroxylation is 1. The summed E-state index contributed by atoms with van der Waals surface area (Å²) in [7, 11) is -3.49. The Morgan fingerprint density at radius 3 is 2.71 bits per heavy atom. The van der Waals surface area contributed by atoms with Gasteiger partial charge in [0.05, 0.1) is 5.69 Å². The Balaban J connectivity index is 2.83. The molecule has 0 spiro atoms. The highest BCUT2D eigenvalue weighted by atomic mass is 32.2. The van der Waals surface area contributed by atoms with Crippen LogP contribution in [0.2, 0.25) is 0 Å². The first-order chi connectivity index (χ1) is 7.99. The Morgan fingerprint density at radius 1 is 1.41 bits per heavy atom. The lowest BCUT2D eigenvalue weighted by atomic mass is 10.2. The molecule has 0 heterocycles. The van der Waals surface area contributed by atoms with Crippen LogP contribution < -0.4 is 10.5 Å². The fourth-order valence-corrected chi connectivity index (χ4v) is 3.40. The van der Waals surface area contributed by atoms with Crippen LogP contribution in [-0.2, 0) is 10.0 Å². The molecule has 0 atom stereocenters. The van der Waals surface area contributed by atoms with Crippen LogP contribution >= 0.6 is 11.8 Å². The van der Waals surface area contributed by atoms with Crippen molar-refractivity contribution in [3.8, 4) is 0 Å². The Hall–Kier alpha value is -0.720. The standard InChI is InChI=1S/C11H18N2O2S2/c1-9-5-3-6-10(12)11(9)17(14,15)13-7-4-8-16-2/h3,5-6,13H,4,7-8,12H2,1-2H3. The van der Waals surface area contributed by atoms with E-state index in [0.717, 1.165) is 12.2 Å². The van der Waals surface area contributed by atoms with Crippen molar-refractivity contribution >= 4 is 27.5 Å². The molecule has 0 aliphatic carbocycles. The smallest absolute Gasteiger partial charge is 0.242 e. The molecule has 0 saturated carbocycles. The zero-order valence-corrected chi connectivity index (χ0v) is 11.7. The Morgan fingerprint density at radius 2 is 2.12 bits per heavy atom. The molecule has 0 amide bonds. The average molecular weight is 274 g/mol. The summed E-state index contributed by atoms with van der Waals surface area (Å²) >= 11 is 1.69. The van der Waals surface area contributed by atoms with Gasteiger partial charge in [0.2, 0.25) is 10.0 Å². The minimum absolute atomic E-state index is 0.198. The summed E-state index contributed by atoms with van der Waals surface area (Å²) in [4.78, 5) is 0.198. The average Bonchev–Trinajstić information content (AvgIpc) is 2.24. The molecule has 0 radical (unpaired) electrons. The fraction of sp³-hybridized carbons (Fsp3) is 0.455. The summed E-state index contributed by atoms with van der Waals surface area (Å²) < 4.78 is 26.6. The molecule has 0 saturated heterocycles. The quantitative estimate of drug-likeness (QED) is 0.610. The first-order valence-electron chi connectivity index (χ1n) is 5.32. The highest BCUT2D eigenvalue weighted by molar-refractivity contribution is 7.98. The van der Waals surface area contributed by atoms with E-state index in [1.165, 1.54) is 0 Å². The van der Waals surface area contributed by atoms with Gasteiger partial charge in [-0.05, 0) is 37.0 Å². The second kappa shape index (κ2) is 6.28. The van der Waals surface area contributed by atoms with Gasteiger partial charge in [0.15, 0.2) is 0 Å². The molecule has 1 rings (SSSR count). The summed E-state index contributed by atoms with van der Waals surface area (Å²) in [5, 5.41) is 0. The van der Waals surface area contributed by atoms with Crippen molar-refractivity contribution in [2.24, 2.45) is 0 Å². The van der Waals surface area contributed by atoms with Crippen molar-refractivity contribution in [1.82, 2.24) is 4.72 Å². The molecule has 17 heavy (non-hydrogen) atoms. The van der Waals surface area contributed by atoms with Crippen LogP contribution in [0.5, 0.6) is 0 Å². The number of nitrogens with two attached hydrogens (primary N) is 1. The number of hydrogen-bond donors (Lipinski definition) is 2. The molecule has 0 aromatic heterocycles. The zero-order chi connectivity index (χ0) is 12.9. The molecule has 96 valence electrons. The van der Waals surface area contributed by atoms with Crippen molar-refractivity contribution in [3.63, 3.8) is 0 Å².